The molecule has 1 aromatic heterocycles. The number of piperazine rings is 1. The van der Waals surface area contributed by atoms with Gasteiger partial charge in [0.15, 0.2) is 0 Å². The maximum absolute atomic E-state index is 12.6. The number of hydrogen-bond acceptors (Lipinski definition) is 4. The zero-order chi connectivity index (χ0) is 18.6. The van der Waals surface area contributed by atoms with Gasteiger partial charge in [0.1, 0.15) is 0 Å². The summed E-state index contributed by atoms with van der Waals surface area (Å²) in [7, 11) is 1.90. The average Bonchev–Trinajstić information content (AvgIpc) is 2.83. The second-order valence-corrected chi connectivity index (χ2v) is 6.67. The van der Waals surface area contributed by atoms with Crippen LogP contribution in [0.1, 0.15) is 30.8 Å². The summed E-state index contributed by atoms with van der Waals surface area (Å²) < 4.78 is 1.83. The Labute approximate surface area is 150 Å². The molecule has 0 radical (unpaired) electrons. The van der Waals surface area contributed by atoms with Crippen LogP contribution < -0.4 is 0 Å². The third-order valence-electron chi connectivity index (χ3n) is 5.19. The Hall–Kier alpha value is -1.89. The second-order valence-electron chi connectivity index (χ2n) is 6.67. The summed E-state index contributed by atoms with van der Waals surface area (Å²) in [5.74, 6) is 0.320. The van der Waals surface area contributed by atoms with Crippen LogP contribution in [0.5, 0.6) is 0 Å². The van der Waals surface area contributed by atoms with Crippen molar-refractivity contribution in [3.63, 3.8) is 0 Å². The molecule has 1 aliphatic heterocycles. The molecule has 2 heterocycles. The molecule has 1 aromatic rings. The minimum atomic E-state index is 0.147. The molecule has 1 aliphatic rings. The first-order chi connectivity index (χ1) is 11.9. The number of amides is 2. The molecule has 1 saturated heterocycles. The highest BCUT2D eigenvalue weighted by Gasteiger charge is 2.24. The molecular formula is C18H31N5O2. The SMILES string of the molecule is CCN(CC)C(=O)CN1CCN(C(=O)Cc2c(C)nn(C)c2C)CC1. The Bertz CT molecular complexity index is 613. The molecule has 0 saturated carbocycles. The van der Waals surface area contributed by atoms with Gasteiger partial charge < -0.3 is 9.80 Å². The Morgan fingerprint density at radius 2 is 1.68 bits per heavy atom. The zero-order valence-electron chi connectivity index (χ0n) is 16.2. The summed E-state index contributed by atoms with van der Waals surface area (Å²) >= 11 is 0. The highest BCUT2D eigenvalue weighted by atomic mass is 16.2. The summed E-state index contributed by atoms with van der Waals surface area (Å²) in [6.45, 7) is 12.8. The zero-order valence-corrected chi connectivity index (χ0v) is 16.2. The minimum Gasteiger partial charge on any atom is -0.342 e. The molecule has 0 N–H and O–H groups in total. The number of carbonyl (C=O) groups excluding carboxylic acids is 2. The molecule has 0 atom stereocenters. The molecular weight excluding hydrogens is 318 g/mol. The van der Waals surface area contributed by atoms with Gasteiger partial charge in [-0.05, 0) is 27.7 Å². The molecule has 140 valence electrons. The van der Waals surface area contributed by atoms with Crippen LogP contribution in [0, 0.1) is 13.8 Å². The first-order valence-electron chi connectivity index (χ1n) is 9.14. The highest BCUT2D eigenvalue weighted by molar-refractivity contribution is 5.80. The van der Waals surface area contributed by atoms with Gasteiger partial charge in [0.2, 0.25) is 11.8 Å². The Morgan fingerprint density at radius 1 is 1.08 bits per heavy atom. The van der Waals surface area contributed by atoms with E-state index in [1.54, 1.807) is 0 Å². The van der Waals surface area contributed by atoms with E-state index in [4.69, 9.17) is 0 Å². The second kappa shape index (κ2) is 8.47. The van der Waals surface area contributed by atoms with E-state index in [-0.39, 0.29) is 11.8 Å². The third-order valence-corrected chi connectivity index (χ3v) is 5.19. The van der Waals surface area contributed by atoms with Gasteiger partial charge in [0.25, 0.3) is 0 Å². The highest BCUT2D eigenvalue weighted by Crippen LogP contribution is 2.14. The van der Waals surface area contributed by atoms with Crippen LogP contribution in [-0.2, 0) is 23.1 Å². The summed E-state index contributed by atoms with van der Waals surface area (Å²) in [4.78, 5) is 30.7. The molecule has 0 spiro atoms. The fourth-order valence-electron chi connectivity index (χ4n) is 3.36. The van der Waals surface area contributed by atoms with Crippen LogP contribution in [0.25, 0.3) is 0 Å². The lowest BCUT2D eigenvalue weighted by atomic mass is 10.1. The maximum Gasteiger partial charge on any atom is 0.236 e. The molecule has 0 unspecified atom stereocenters. The van der Waals surface area contributed by atoms with Gasteiger partial charge in [-0.2, -0.15) is 5.10 Å². The van der Waals surface area contributed by atoms with Gasteiger partial charge in [-0.3, -0.25) is 19.2 Å². The summed E-state index contributed by atoms with van der Waals surface area (Å²) in [6.07, 6.45) is 0.407. The Morgan fingerprint density at radius 3 is 2.16 bits per heavy atom. The van der Waals surface area contributed by atoms with Crippen molar-refractivity contribution >= 4 is 11.8 Å². The van der Waals surface area contributed by atoms with E-state index in [1.807, 2.05) is 49.2 Å². The smallest absolute Gasteiger partial charge is 0.236 e. The quantitative estimate of drug-likeness (QED) is 0.754. The van der Waals surface area contributed by atoms with Crippen LogP contribution >= 0.6 is 0 Å². The van der Waals surface area contributed by atoms with Crippen LogP contribution in [0.4, 0.5) is 0 Å². The fourth-order valence-corrected chi connectivity index (χ4v) is 3.36. The molecule has 2 rings (SSSR count). The molecule has 7 nitrogen and oxygen atoms in total. The minimum absolute atomic E-state index is 0.147. The number of likely N-dealkylation sites (N-methyl/N-ethyl adjacent to an activating group) is 1. The van der Waals surface area contributed by atoms with Crippen molar-refractivity contribution in [3.8, 4) is 0 Å². The Kier molecular flexibility index (Phi) is 6.58. The summed E-state index contributed by atoms with van der Waals surface area (Å²) in [5.41, 5.74) is 3.01. The lowest BCUT2D eigenvalue weighted by molar-refractivity contribution is -0.134. The molecule has 0 aliphatic carbocycles. The van der Waals surface area contributed by atoms with Gasteiger partial charge in [0.05, 0.1) is 18.7 Å². The lowest BCUT2D eigenvalue weighted by Gasteiger charge is -2.35. The van der Waals surface area contributed by atoms with Crippen LogP contribution in [0.3, 0.4) is 0 Å². The van der Waals surface area contributed by atoms with Gasteiger partial charge >= 0.3 is 0 Å². The number of aryl methyl sites for hydroxylation is 2. The largest absolute Gasteiger partial charge is 0.342 e. The van der Waals surface area contributed by atoms with Crippen LogP contribution in [0.15, 0.2) is 0 Å². The van der Waals surface area contributed by atoms with Gasteiger partial charge in [-0.25, -0.2) is 0 Å². The van der Waals surface area contributed by atoms with E-state index in [1.165, 1.54) is 0 Å². The molecule has 0 aromatic carbocycles. The van der Waals surface area contributed by atoms with Crippen molar-refractivity contribution in [2.24, 2.45) is 7.05 Å². The van der Waals surface area contributed by atoms with E-state index < -0.39 is 0 Å². The van der Waals surface area contributed by atoms with Crippen molar-refractivity contribution in [3.05, 3.63) is 17.0 Å². The van der Waals surface area contributed by atoms with Gasteiger partial charge in [-0.15, -0.1) is 0 Å². The summed E-state index contributed by atoms with van der Waals surface area (Å²) in [6, 6.07) is 0. The number of carbonyl (C=O) groups is 2. The normalized spacial score (nSPS) is 15.5. The topological polar surface area (TPSA) is 61.7 Å². The van der Waals surface area contributed by atoms with E-state index in [2.05, 4.69) is 10.00 Å². The van der Waals surface area contributed by atoms with Crippen molar-refractivity contribution in [2.45, 2.75) is 34.1 Å². The maximum atomic E-state index is 12.6. The number of nitrogens with zero attached hydrogens (tertiary/aromatic N) is 5. The lowest BCUT2D eigenvalue weighted by Crippen LogP contribution is -2.51. The van der Waals surface area contributed by atoms with Crippen molar-refractivity contribution < 1.29 is 9.59 Å². The molecule has 25 heavy (non-hydrogen) atoms. The third kappa shape index (κ3) is 4.60. The first-order valence-corrected chi connectivity index (χ1v) is 9.14. The molecule has 2 amide bonds. The van der Waals surface area contributed by atoms with Gasteiger partial charge in [0, 0.05) is 57.6 Å². The Balaban J connectivity index is 1.85. The molecule has 1 fully saturated rings. The van der Waals surface area contributed by atoms with E-state index >= 15 is 0 Å². The molecule has 7 heteroatoms. The van der Waals surface area contributed by atoms with Crippen LogP contribution in [0.2, 0.25) is 0 Å². The van der Waals surface area contributed by atoms with E-state index in [9.17, 15) is 9.59 Å². The van der Waals surface area contributed by atoms with Gasteiger partial charge in [-0.1, -0.05) is 0 Å². The summed E-state index contributed by atoms with van der Waals surface area (Å²) in [5, 5.41) is 4.38. The van der Waals surface area contributed by atoms with Crippen molar-refractivity contribution in [2.75, 3.05) is 45.8 Å². The standard InChI is InChI=1S/C18H31N5O2/c1-6-22(7-2)18(25)13-21-8-10-23(11-9-21)17(24)12-16-14(3)19-20(5)15(16)4/h6-13H2,1-5H3. The molecule has 0 bridgehead atoms. The fraction of sp³-hybridized carbons (Fsp3) is 0.722. The monoisotopic (exact) mass is 349 g/mol. The number of aromatic nitrogens is 2. The van der Waals surface area contributed by atoms with Crippen LogP contribution in [-0.4, -0.2) is 82.1 Å². The predicted octanol–water partition coefficient (Wildman–Crippen LogP) is 0.592. The average molecular weight is 349 g/mol. The first kappa shape index (κ1) is 19.4. The predicted molar refractivity (Wildman–Crippen MR) is 97.3 cm³/mol. The van der Waals surface area contributed by atoms with E-state index in [0.29, 0.717) is 26.1 Å². The van der Waals surface area contributed by atoms with Crippen molar-refractivity contribution in [1.29, 1.82) is 0 Å². The number of hydrogen-bond donors (Lipinski definition) is 0. The van der Waals surface area contributed by atoms with Crippen molar-refractivity contribution in [1.82, 2.24) is 24.5 Å². The number of rotatable bonds is 6. The van der Waals surface area contributed by atoms with E-state index in [0.717, 1.165) is 43.1 Å².